The van der Waals surface area contributed by atoms with Crippen molar-refractivity contribution in [2.45, 2.75) is 31.7 Å². The first-order valence-corrected chi connectivity index (χ1v) is 9.01. The number of hydrogen-bond acceptors (Lipinski definition) is 7. The van der Waals surface area contributed by atoms with Crippen LogP contribution in [0.1, 0.15) is 19.3 Å². The molecular formula is C15H22IN3O4. The Morgan fingerprint density at radius 3 is 2.83 bits per heavy atom. The fourth-order valence-corrected chi connectivity index (χ4v) is 3.09. The molecule has 8 heteroatoms. The second-order valence-corrected chi connectivity index (χ2v) is 6.71. The van der Waals surface area contributed by atoms with Crippen molar-refractivity contribution < 1.29 is 18.9 Å². The molecule has 23 heavy (non-hydrogen) atoms. The Hall–Kier alpha value is -0.710. The number of ether oxygens (including phenoxy) is 4. The Kier molecular flexibility index (Phi) is 6.26. The lowest BCUT2D eigenvalue weighted by molar-refractivity contribution is -0.171. The number of anilines is 1. The summed E-state index contributed by atoms with van der Waals surface area (Å²) in [7, 11) is 1.58. The van der Waals surface area contributed by atoms with E-state index in [-0.39, 0.29) is 12.4 Å². The minimum Gasteiger partial charge on any atom is -0.467 e. The highest BCUT2D eigenvalue weighted by Gasteiger charge is 2.29. The Morgan fingerprint density at radius 1 is 1.26 bits per heavy atom. The van der Waals surface area contributed by atoms with E-state index in [1.54, 1.807) is 7.11 Å². The summed E-state index contributed by atoms with van der Waals surface area (Å²) in [4.78, 5) is 10.7. The molecule has 1 atom stereocenters. The van der Waals surface area contributed by atoms with Crippen LogP contribution in [0.2, 0.25) is 0 Å². The summed E-state index contributed by atoms with van der Waals surface area (Å²) < 4.78 is 23.0. The van der Waals surface area contributed by atoms with Crippen molar-refractivity contribution in [3.63, 3.8) is 0 Å². The number of nitrogens with zero attached hydrogens (tertiary/aromatic N) is 3. The molecule has 2 aliphatic heterocycles. The summed E-state index contributed by atoms with van der Waals surface area (Å²) in [5.41, 5.74) is 0. The molecule has 3 heterocycles. The van der Waals surface area contributed by atoms with E-state index in [2.05, 4.69) is 37.5 Å². The second kappa shape index (κ2) is 8.41. The molecule has 1 aromatic heterocycles. The van der Waals surface area contributed by atoms with E-state index in [0.29, 0.717) is 19.2 Å². The fraction of sp³-hybridized carbons (Fsp3) is 0.733. The van der Waals surface area contributed by atoms with E-state index >= 15 is 0 Å². The van der Waals surface area contributed by atoms with Gasteiger partial charge in [0, 0.05) is 25.8 Å². The highest BCUT2D eigenvalue weighted by Crippen LogP contribution is 2.23. The highest BCUT2D eigenvalue weighted by molar-refractivity contribution is 14.1. The topological polar surface area (TPSA) is 65.9 Å². The van der Waals surface area contributed by atoms with E-state index < -0.39 is 0 Å². The van der Waals surface area contributed by atoms with Crippen LogP contribution in [0.15, 0.2) is 6.07 Å². The lowest BCUT2D eigenvalue weighted by Crippen LogP contribution is -2.53. The third-order valence-corrected chi connectivity index (χ3v) is 4.45. The van der Waals surface area contributed by atoms with Gasteiger partial charge in [-0.2, -0.15) is 9.97 Å². The predicted molar refractivity (Wildman–Crippen MR) is 92.8 cm³/mol. The smallest absolute Gasteiger partial charge is 0.319 e. The summed E-state index contributed by atoms with van der Waals surface area (Å²) >= 11 is 2.16. The Morgan fingerprint density at radius 2 is 2.09 bits per heavy atom. The lowest BCUT2D eigenvalue weighted by atomic mass is 10.1. The number of halogens is 1. The SMILES string of the molecule is COc1nc(I)cc(N2CC(OCCOC3CCCCO3)C2)n1. The molecule has 0 bridgehead atoms. The van der Waals surface area contributed by atoms with Crippen molar-refractivity contribution in [3.8, 4) is 6.01 Å². The summed E-state index contributed by atoms with van der Waals surface area (Å²) in [6.07, 6.45) is 3.50. The lowest BCUT2D eigenvalue weighted by Gasteiger charge is -2.39. The number of methoxy groups -OCH3 is 1. The molecule has 0 saturated carbocycles. The predicted octanol–water partition coefficient (Wildman–Crippen LogP) is 1.84. The highest BCUT2D eigenvalue weighted by atomic mass is 127. The largest absolute Gasteiger partial charge is 0.467 e. The van der Waals surface area contributed by atoms with Crippen molar-refractivity contribution >= 4 is 28.4 Å². The Labute approximate surface area is 149 Å². The van der Waals surface area contributed by atoms with E-state index in [1.165, 1.54) is 6.42 Å². The van der Waals surface area contributed by atoms with Crippen LogP contribution in [-0.4, -0.2) is 62.4 Å². The molecule has 128 valence electrons. The van der Waals surface area contributed by atoms with Crippen LogP contribution < -0.4 is 9.64 Å². The zero-order valence-electron chi connectivity index (χ0n) is 13.2. The van der Waals surface area contributed by atoms with Gasteiger partial charge in [-0.1, -0.05) is 0 Å². The van der Waals surface area contributed by atoms with Gasteiger partial charge in [0.25, 0.3) is 0 Å². The molecule has 2 fully saturated rings. The van der Waals surface area contributed by atoms with Crippen molar-refractivity contribution in [2.75, 3.05) is 44.9 Å². The van der Waals surface area contributed by atoms with E-state index in [4.69, 9.17) is 18.9 Å². The van der Waals surface area contributed by atoms with Gasteiger partial charge in [-0.3, -0.25) is 0 Å². The number of aromatic nitrogens is 2. The van der Waals surface area contributed by atoms with Gasteiger partial charge >= 0.3 is 6.01 Å². The molecule has 0 radical (unpaired) electrons. The minimum absolute atomic E-state index is 0.0409. The van der Waals surface area contributed by atoms with Crippen LogP contribution in [-0.2, 0) is 14.2 Å². The van der Waals surface area contributed by atoms with Gasteiger partial charge in [-0.25, -0.2) is 0 Å². The maximum absolute atomic E-state index is 5.81. The van der Waals surface area contributed by atoms with Gasteiger partial charge < -0.3 is 23.8 Å². The average Bonchev–Trinajstić information content (AvgIpc) is 2.53. The Balaban J connectivity index is 1.34. The second-order valence-electron chi connectivity index (χ2n) is 5.60. The molecular weight excluding hydrogens is 413 g/mol. The van der Waals surface area contributed by atoms with Gasteiger partial charge in [-0.15, -0.1) is 0 Å². The standard InChI is InChI=1S/C15H22IN3O4/c1-20-15-17-12(16)8-13(18-15)19-9-11(10-19)21-6-7-23-14-4-2-3-5-22-14/h8,11,14H,2-7,9-10H2,1H3. The van der Waals surface area contributed by atoms with Crippen molar-refractivity contribution in [1.29, 1.82) is 0 Å². The molecule has 3 rings (SSSR count). The quantitative estimate of drug-likeness (QED) is 0.368. The van der Waals surface area contributed by atoms with E-state index in [1.807, 2.05) is 6.07 Å². The molecule has 2 aliphatic rings. The van der Waals surface area contributed by atoms with Crippen LogP contribution in [0, 0.1) is 3.70 Å². The van der Waals surface area contributed by atoms with Gasteiger partial charge in [0.05, 0.1) is 26.4 Å². The van der Waals surface area contributed by atoms with Crippen LogP contribution in [0.3, 0.4) is 0 Å². The fourth-order valence-electron chi connectivity index (χ4n) is 2.61. The zero-order valence-corrected chi connectivity index (χ0v) is 15.4. The number of hydrogen-bond donors (Lipinski definition) is 0. The summed E-state index contributed by atoms with van der Waals surface area (Å²) in [5, 5.41) is 0. The average molecular weight is 435 g/mol. The van der Waals surface area contributed by atoms with Crippen LogP contribution in [0.5, 0.6) is 6.01 Å². The normalized spacial score (nSPS) is 22.0. The molecule has 0 amide bonds. The maximum Gasteiger partial charge on any atom is 0.319 e. The maximum atomic E-state index is 5.81. The molecule has 0 N–H and O–H groups in total. The third-order valence-electron chi connectivity index (χ3n) is 3.89. The van der Waals surface area contributed by atoms with Gasteiger partial charge in [0.15, 0.2) is 6.29 Å². The first-order valence-electron chi connectivity index (χ1n) is 7.93. The summed E-state index contributed by atoms with van der Waals surface area (Å²) in [6, 6.07) is 2.35. The van der Waals surface area contributed by atoms with Crippen molar-refractivity contribution in [2.24, 2.45) is 0 Å². The Bertz CT molecular complexity index is 507. The first-order chi connectivity index (χ1) is 11.2. The van der Waals surface area contributed by atoms with Gasteiger partial charge in [0.2, 0.25) is 0 Å². The molecule has 0 aromatic carbocycles. The third kappa shape index (κ3) is 4.88. The van der Waals surface area contributed by atoms with E-state index in [0.717, 1.165) is 42.1 Å². The summed E-state index contributed by atoms with van der Waals surface area (Å²) in [5.74, 6) is 0.882. The monoisotopic (exact) mass is 435 g/mol. The van der Waals surface area contributed by atoms with Gasteiger partial charge in [0.1, 0.15) is 9.52 Å². The molecule has 7 nitrogen and oxygen atoms in total. The molecule has 1 unspecified atom stereocenters. The molecule has 0 aliphatic carbocycles. The molecule has 0 spiro atoms. The van der Waals surface area contributed by atoms with Crippen molar-refractivity contribution in [3.05, 3.63) is 9.77 Å². The van der Waals surface area contributed by atoms with E-state index in [9.17, 15) is 0 Å². The molecule has 1 aromatic rings. The summed E-state index contributed by atoms with van der Waals surface area (Å²) in [6.45, 7) is 3.65. The molecule has 2 saturated heterocycles. The van der Waals surface area contributed by atoms with Crippen LogP contribution >= 0.6 is 22.6 Å². The van der Waals surface area contributed by atoms with Crippen LogP contribution in [0.4, 0.5) is 5.82 Å². The minimum atomic E-state index is -0.0409. The first kappa shape index (κ1) is 17.1. The van der Waals surface area contributed by atoms with Crippen LogP contribution in [0.25, 0.3) is 0 Å². The van der Waals surface area contributed by atoms with Gasteiger partial charge in [-0.05, 0) is 41.9 Å². The van der Waals surface area contributed by atoms with Crippen molar-refractivity contribution in [1.82, 2.24) is 9.97 Å². The number of rotatable bonds is 7. The zero-order chi connectivity index (χ0) is 16.1.